The Bertz CT molecular complexity index is 1180. The molecule has 2 bridgehead atoms. The number of rotatable bonds is 1. The van der Waals surface area contributed by atoms with Crippen LogP contribution in [0.3, 0.4) is 0 Å². The molecule has 0 aromatic heterocycles. The number of piperazine rings is 1. The Morgan fingerprint density at radius 3 is 2.52 bits per heavy atom. The molecular weight excluding hydrogens is 396 g/mol. The van der Waals surface area contributed by atoms with Gasteiger partial charge in [-0.25, -0.2) is 14.5 Å². The molecule has 3 aliphatic rings. The van der Waals surface area contributed by atoms with E-state index in [1.54, 1.807) is 54.8 Å². The first-order valence-corrected chi connectivity index (χ1v) is 10.3. The molecule has 5 rings (SSSR count). The minimum absolute atomic E-state index is 0.214. The van der Waals surface area contributed by atoms with E-state index in [0.29, 0.717) is 35.0 Å². The number of ether oxygens (including phenoxy) is 1. The van der Waals surface area contributed by atoms with Gasteiger partial charge in [0.15, 0.2) is 0 Å². The van der Waals surface area contributed by atoms with Crippen LogP contribution in [0.15, 0.2) is 36.4 Å². The van der Waals surface area contributed by atoms with Crippen molar-refractivity contribution in [3.05, 3.63) is 42.0 Å². The molecule has 8 heteroatoms. The number of nitrogens with zero attached hydrogens (tertiary/aromatic N) is 4. The zero-order valence-corrected chi connectivity index (χ0v) is 17.5. The zero-order chi connectivity index (χ0) is 22.1. The van der Waals surface area contributed by atoms with Crippen LogP contribution in [0.5, 0.6) is 0 Å². The Hall–Kier alpha value is -3.60. The lowest BCUT2D eigenvalue weighted by Crippen LogP contribution is -2.55. The summed E-state index contributed by atoms with van der Waals surface area (Å²) < 4.78 is 5.51. The monoisotopic (exact) mass is 418 g/mol. The number of fused-ring (bicyclic) bond motifs is 6. The van der Waals surface area contributed by atoms with Crippen molar-refractivity contribution in [2.75, 3.05) is 11.4 Å². The van der Waals surface area contributed by atoms with Gasteiger partial charge < -0.3 is 14.5 Å². The van der Waals surface area contributed by atoms with E-state index in [2.05, 4.69) is 6.07 Å². The highest BCUT2D eigenvalue weighted by atomic mass is 16.6. The van der Waals surface area contributed by atoms with Crippen LogP contribution in [0, 0.1) is 11.3 Å². The van der Waals surface area contributed by atoms with Crippen molar-refractivity contribution in [2.45, 2.75) is 50.9 Å². The van der Waals surface area contributed by atoms with E-state index in [1.165, 1.54) is 4.90 Å². The van der Waals surface area contributed by atoms with Gasteiger partial charge in [0.25, 0.3) is 5.91 Å². The van der Waals surface area contributed by atoms with Crippen LogP contribution < -0.4 is 4.90 Å². The average molecular weight is 418 g/mol. The fraction of sp³-hybridized carbons (Fsp3) is 0.391. The van der Waals surface area contributed by atoms with E-state index in [4.69, 9.17) is 4.74 Å². The normalized spacial score (nSPS) is 24.7. The van der Waals surface area contributed by atoms with Gasteiger partial charge in [0.1, 0.15) is 11.6 Å². The smallest absolute Gasteiger partial charge is 0.410 e. The third-order valence-corrected chi connectivity index (χ3v) is 6.15. The molecule has 8 nitrogen and oxygen atoms in total. The molecule has 158 valence electrons. The summed E-state index contributed by atoms with van der Waals surface area (Å²) in [6, 6.07) is 11.0. The van der Waals surface area contributed by atoms with Crippen LogP contribution in [0.2, 0.25) is 0 Å². The number of likely N-dealkylation sites (tertiary alicyclic amines) is 1. The Balaban J connectivity index is 1.51. The van der Waals surface area contributed by atoms with E-state index in [9.17, 15) is 19.6 Å². The van der Waals surface area contributed by atoms with Gasteiger partial charge in [-0.2, -0.15) is 5.26 Å². The maximum atomic E-state index is 13.5. The second kappa shape index (κ2) is 6.45. The summed E-state index contributed by atoms with van der Waals surface area (Å²) in [7, 11) is 0. The molecule has 4 amide bonds. The fourth-order valence-electron chi connectivity index (χ4n) is 4.98. The lowest BCUT2D eigenvalue weighted by Gasteiger charge is -2.35. The number of anilines is 1. The first-order chi connectivity index (χ1) is 14.7. The Labute approximate surface area is 179 Å². The van der Waals surface area contributed by atoms with E-state index < -0.39 is 23.8 Å². The summed E-state index contributed by atoms with van der Waals surface area (Å²) in [5.74, 6) is -0.347. The van der Waals surface area contributed by atoms with Gasteiger partial charge in [0.05, 0.1) is 29.4 Å². The number of hydrogen-bond donors (Lipinski definition) is 0. The van der Waals surface area contributed by atoms with Gasteiger partial charge >= 0.3 is 12.1 Å². The fourth-order valence-corrected chi connectivity index (χ4v) is 4.98. The molecule has 2 aromatic carbocycles. The summed E-state index contributed by atoms with van der Waals surface area (Å²) in [5.41, 5.74) is 0.305. The summed E-state index contributed by atoms with van der Waals surface area (Å²) in [4.78, 5) is 43.8. The average Bonchev–Trinajstić information content (AvgIpc) is 3.38. The molecule has 31 heavy (non-hydrogen) atoms. The summed E-state index contributed by atoms with van der Waals surface area (Å²) in [6.07, 6.45) is 0.116. The highest BCUT2D eigenvalue weighted by Gasteiger charge is 2.63. The van der Waals surface area contributed by atoms with E-state index in [0.717, 1.165) is 0 Å². The molecule has 3 fully saturated rings. The highest BCUT2D eigenvalue weighted by molar-refractivity contribution is 6.25. The van der Waals surface area contributed by atoms with Gasteiger partial charge in [-0.1, -0.05) is 24.3 Å². The quantitative estimate of drug-likeness (QED) is 0.663. The van der Waals surface area contributed by atoms with Crippen LogP contribution in [-0.2, 0) is 9.53 Å². The van der Waals surface area contributed by atoms with Gasteiger partial charge in [0, 0.05) is 17.3 Å². The first kappa shape index (κ1) is 19.4. The Morgan fingerprint density at radius 2 is 1.84 bits per heavy atom. The number of benzene rings is 2. The zero-order valence-electron chi connectivity index (χ0n) is 17.5. The molecule has 3 unspecified atom stereocenters. The number of carbonyl (C=O) groups excluding carboxylic acids is 3. The Morgan fingerprint density at radius 1 is 1.13 bits per heavy atom. The third kappa shape index (κ3) is 2.76. The Kier molecular flexibility index (Phi) is 4.03. The molecule has 0 radical (unpaired) electrons. The second-order valence-corrected chi connectivity index (χ2v) is 9.19. The molecule has 0 spiro atoms. The summed E-state index contributed by atoms with van der Waals surface area (Å²) in [5, 5.41) is 10.8. The standard InChI is InChI=1S/C23H22N4O4/c1-23(2,3)31-22(30)25-12-14-10-18(25)19-20(28)27(21(29)26(14)19)17-9-8-13(11-24)15-6-4-5-7-16(15)17/h4-9,14,18-19H,10,12H2,1-3H3. The number of imide groups is 1. The topological polar surface area (TPSA) is 94.0 Å². The lowest BCUT2D eigenvalue weighted by atomic mass is 10.0. The molecule has 2 aromatic rings. The van der Waals surface area contributed by atoms with E-state index in [1.807, 2.05) is 12.1 Å². The predicted molar refractivity (Wildman–Crippen MR) is 112 cm³/mol. The molecule has 3 aliphatic heterocycles. The predicted octanol–water partition coefficient (Wildman–Crippen LogP) is 3.24. The largest absolute Gasteiger partial charge is 0.444 e. The summed E-state index contributed by atoms with van der Waals surface area (Å²) >= 11 is 0. The minimum atomic E-state index is -0.715. The number of amides is 4. The minimum Gasteiger partial charge on any atom is -0.444 e. The molecule has 0 N–H and O–H groups in total. The van der Waals surface area contributed by atoms with Crippen LogP contribution in [0.4, 0.5) is 15.3 Å². The van der Waals surface area contributed by atoms with Crippen molar-refractivity contribution >= 4 is 34.5 Å². The molecule has 3 atom stereocenters. The SMILES string of the molecule is CC(C)(C)OC(=O)N1CC2CC1C1C(=O)N(c3ccc(C#N)c4ccccc34)C(=O)N21. The third-order valence-electron chi connectivity index (χ3n) is 6.15. The van der Waals surface area contributed by atoms with Crippen molar-refractivity contribution in [1.82, 2.24) is 9.80 Å². The van der Waals surface area contributed by atoms with Gasteiger partial charge in [0.2, 0.25) is 0 Å². The number of urea groups is 1. The summed E-state index contributed by atoms with van der Waals surface area (Å²) in [6.45, 7) is 5.76. The lowest BCUT2D eigenvalue weighted by molar-refractivity contribution is -0.121. The molecule has 3 saturated heterocycles. The van der Waals surface area contributed by atoms with Gasteiger partial charge in [-0.15, -0.1) is 0 Å². The van der Waals surface area contributed by atoms with Crippen molar-refractivity contribution in [2.24, 2.45) is 0 Å². The van der Waals surface area contributed by atoms with Crippen molar-refractivity contribution in [1.29, 1.82) is 5.26 Å². The first-order valence-electron chi connectivity index (χ1n) is 10.3. The number of nitriles is 1. The van der Waals surface area contributed by atoms with Crippen LogP contribution in [0.25, 0.3) is 10.8 Å². The second-order valence-electron chi connectivity index (χ2n) is 9.19. The maximum Gasteiger partial charge on any atom is 0.410 e. The number of carbonyl (C=O) groups is 3. The van der Waals surface area contributed by atoms with Crippen molar-refractivity contribution in [3.8, 4) is 6.07 Å². The molecule has 3 heterocycles. The molecule has 0 saturated carbocycles. The van der Waals surface area contributed by atoms with Gasteiger partial charge in [-0.05, 0) is 39.3 Å². The molecule has 0 aliphatic carbocycles. The van der Waals surface area contributed by atoms with Crippen LogP contribution >= 0.6 is 0 Å². The molecular formula is C23H22N4O4. The van der Waals surface area contributed by atoms with Crippen molar-refractivity contribution in [3.63, 3.8) is 0 Å². The van der Waals surface area contributed by atoms with E-state index >= 15 is 0 Å². The number of hydrogen-bond acceptors (Lipinski definition) is 5. The van der Waals surface area contributed by atoms with E-state index in [-0.39, 0.29) is 18.0 Å². The van der Waals surface area contributed by atoms with Gasteiger partial charge in [-0.3, -0.25) is 4.79 Å². The van der Waals surface area contributed by atoms with Crippen LogP contribution in [-0.4, -0.2) is 58.1 Å². The van der Waals surface area contributed by atoms with Crippen molar-refractivity contribution < 1.29 is 19.1 Å². The highest BCUT2D eigenvalue weighted by Crippen LogP contribution is 2.44. The van der Waals surface area contributed by atoms with Crippen LogP contribution in [0.1, 0.15) is 32.8 Å². The maximum absolute atomic E-state index is 13.5.